The summed E-state index contributed by atoms with van der Waals surface area (Å²) in [5, 5.41) is 22.3. The highest BCUT2D eigenvalue weighted by atomic mass is 79.9. The molecule has 1 aliphatic carbocycles. The van der Waals surface area contributed by atoms with E-state index in [0.29, 0.717) is 4.47 Å². The Bertz CT molecular complexity index is 578. The summed E-state index contributed by atoms with van der Waals surface area (Å²) in [6.07, 6.45) is 1.86. The fourth-order valence-corrected chi connectivity index (χ4v) is 2.20. The molecule has 19 heavy (non-hydrogen) atoms. The zero-order valence-corrected chi connectivity index (χ0v) is 11.4. The Morgan fingerprint density at radius 1 is 1.53 bits per heavy atom. The van der Waals surface area contributed by atoms with Crippen molar-refractivity contribution >= 4 is 27.5 Å². The molecule has 0 radical (unpaired) electrons. The average Bonchev–Trinajstić information content (AvgIpc) is 3.19. The van der Waals surface area contributed by atoms with Gasteiger partial charge in [-0.25, -0.2) is 0 Å². The zero-order chi connectivity index (χ0) is 14.0. The molecule has 1 aliphatic rings. The molecule has 1 unspecified atom stereocenters. The second kappa shape index (κ2) is 5.36. The topological polar surface area (TPSA) is 96.0 Å². The summed E-state index contributed by atoms with van der Waals surface area (Å²) >= 11 is 3.12. The van der Waals surface area contributed by atoms with Gasteiger partial charge in [-0.15, -0.1) is 0 Å². The summed E-state index contributed by atoms with van der Waals surface area (Å²) in [7, 11) is 0. The van der Waals surface area contributed by atoms with Gasteiger partial charge in [0.1, 0.15) is 6.04 Å². The normalized spacial score (nSPS) is 15.4. The van der Waals surface area contributed by atoms with Crippen LogP contribution in [0.2, 0.25) is 0 Å². The van der Waals surface area contributed by atoms with Crippen molar-refractivity contribution in [1.82, 2.24) is 5.32 Å². The maximum atomic E-state index is 12.0. The number of nitro groups is 1. The fourth-order valence-electron chi connectivity index (χ4n) is 1.72. The molecule has 1 amide bonds. The number of hydrogen-bond acceptors (Lipinski definition) is 4. The van der Waals surface area contributed by atoms with Crippen molar-refractivity contribution in [3.63, 3.8) is 0 Å². The van der Waals surface area contributed by atoms with E-state index < -0.39 is 16.9 Å². The predicted molar refractivity (Wildman–Crippen MR) is 70.4 cm³/mol. The van der Waals surface area contributed by atoms with Gasteiger partial charge in [0.05, 0.1) is 11.0 Å². The van der Waals surface area contributed by atoms with Gasteiger partial charge >= 0.3 is 0 Å². The molecule has 0 aliphatic heterocycles. The SMILES string of the molecule is N#CC(NC(=O)c1cc(Br)cc([N+](=O)[O-])c1)C1CC1. The third-order valence-electron chi connectivity index (χ3n) is 2.87. The molecule has 0 bridgehead atoms. The minimum atomic E-state index is -0.565. The lowest BCUT2D eigenvalue weighted by Crippen LogP contribution is -2.35. The van der Waals surface area contributed by atoms with E-state index in [2.05, 4.69) is 21.2 Å². The third kappa shape index (κ3) is 3.29. The van der Waals surface area contributed by atoms with Crippen LogP contribution in [-0.4, -0.2) is 16.9 Å². The second-order valence-electron chi connectivity index (χ2n) is 4.37. The summed E-state index contributed by atoms with van der Waals surface area (Å²) in [6, 6.07) is 5.52. The second-order valence-corrected chi connectivity index (χ2v) is 5.29. The molecule has 0 spiro atoms. The van der Waals surface area contributed by atoms with Crippen LogP contribution >= 0.6 is 15.9 Å². The maximum Gasteiger partial charge on any atom is 0.271 e. The van der Waals surface area contributed by atoms with Crippen LogP contribution in [0.3, 0.4) is 0 Å². The summed E-state index contributed by atoms with van der Waals surface area (Å²) in [6.45, 7) is 0. The van der Waals surface area contributed by atoms with Crippen LogP contribution in [0, 0.1) is 27.4 Å². The number of rotatable bonds is 4. The van der Waals surface area contributed by atoms with Gasteiger partial charge in [-0.05, 0) is 24.8 Å². The largest absolute Gasteiger partial charge is 0.336 e. The van der Waals surface area contributed by atoms with Crippen molar-refractivity contribution < 1.29 is 9.72 Å². The van der Waals surface area contributed by atoms with Gasteiger partial charge in [-0.2, -0.15) is 5.26 Å². The maximum absolute atomic E-state index is 12.0. The number of nitro benzene ring substituents is 1. The highest BCUT2D eigenvalue weighted by molar-refractivity contribution is 9.10. The van der Waals surface area contributed by atoms with Crippen LogP contribution in [0.5, 0.6) is 0 Å². The summed E-state index contributed by atoms with van der Waals surface area (Å²) in [5.41, 5.74) is 0.00132. The molecule has 6 nitrogen and oxygen atoms in total. The molecule has 0 aromatic heterocycles. The molecule has 1 aromatic rings. The van der Waals surface area contributed by atoms with Gasteiger partial charge in [-0.1, -0.05) is 15.9 Å². The zero-order valence-electron chi connectivity index (χ0n) is 9.80. The van der Waals surface area contributed by atoms with Crippen molar-refractivity contribution in [2.24, 2.45) is 5.92 Å². The number of nitrogens with one attached hydrogen (secondary N) is 1. The number of non-ortho nitro benzene ring substituents is 1. The molecule has 2 rings (SSSR count). The predicted octanol–water partition coefficient (Wildman–Crippen LogP) is 2.39. The molecule has 1 N–H and O–H groups in total. The molecular weight excluding hydrogens is 314 g/mol. The summed E-state index contributed by atoms with van der Waals surface area (Å²) in [5.74, 6) is -0.265. The summed E-state index contributed by atoms with van der Waals surface area (Å²) in [4.78, 5) is 22.1. The third-order valence-corrected chi connectivity index (χ3v) is 3.33. The average molecular weight is 324 g/mol. The Hall–Kier alpha value is -1.94. The monoisotopic (exact) mass is 323 g/mol. The molecule has 1 fully saturated rings. The first-order chi connectivity index (χ1) is 9.01. The Morgan fingerprint density at radius 2 is 2.21 bits per heavy atom. The summed E-state index contributed by atoms with van der Waals surface area (Å²) < 4.78 is 0.451. The van der Waals surface area contributed by atoms with E-state index in [-0.39, 0.29) is 17.2 Å². The van der Waals surface area contributed by atoms with Crippen LogP contribution < -0.4 is 5.32 Å². The lowest BCUT2D eigenvalue weighted by molar-refractivity contribution is -0.385. The van der Waals surface area contributed by atoms with E-state index in [9.17, 15) is 14.9 Å². The molecule has 0 saturated heterocycles. The number of hydrogen-bond donors (Lipinski definition) is 1. The Kier molecular flexibility index (Phi) is 3.81. The number of nitriles is 1. The van der Waals surface area contributed by atoms with Crippen molar-refractivity contribution in [3.8, 4) is 6.07 Å². The van der Waals surface area contributed by atoms with Crippen molar-refractivity contribution in [1.29, 1.82) is 5.26 Å². The van der Waals surface area contributed by atoms with Crippen LogP contribution in [0.4, 0.5) is 5.69 Å². The van der Waals surface area contributed by atoms with Gasteiger partial charge in [0.15, 0.2) is 0 Å². The lowest BCUT2D eigenvalue weighted by Gasteiger charge is -2.10. The quantitative estimate of drug-likeness (QED) is 0.679. The molecule has 1 aromatic carbocycles. The Morgan fingerprint density at radius 3 is 2.74 bits per heavy atom. The van der Waals surface area contributed by atoms with E-state index in [0.717, 1.165) is 12.8 Å². The van der Waals surface area contributed by atoms with Crippen LogP contribution in [0.25, 0.3) is 0 Å². The first kappa shape index (κ1) is 13.5. The fraction of sp³-hybridized carbons (Fsp3) is 0.333. The van der Waals surface area contributed by atoms with Gasteiger partial charge in [0.2, 0.25) is 0 Å². The van der Waals surface area contributed by atoms with E-state index in [4.69, 9.17) is 5.26 Å². The van der Waals surface area contributed by atoms with Gasteiger partial charge in [-0.3, -0.25) is 14.9 Å². The highest BCUT2D eigenvalue weighted by Gasteiger charge is 2.32. The number of carbonyl (C=O) groups is 1. The number of halogens is 1. The Balaban J connectivity index is 2.18. The minimum absolute atomic E-state index is 0.167. The first-order valence-corrected chi connectivity index (χ1v) is 6.46. The van der Waals surface area contributed by atoms with Crippen molar-refractivity contribution in [2.75, 3.05) is 0 Å². The van der Waals surface area contributed by atoms with Gasteiger partial charge < -0.3 is 5.32 Å². The van der Waals surface area contributed by atoms with Crippen molar-refractivity contribution in [3.05, 3.63) is 38.3 Å². The van der Waals surface area contributed by atoms with E-state index in [1.54, 1.807) is 0 Å². The highest BCUT2D eigenvalue weighted by Crippen LogP contribution is 2.32. The first-order valence-electron chi connectivity index (χ1n) is 5.66. The number of amides is 1. The molecule has 1 saturated carbocycles. The van der Waals surface area contributed by atoms with Gasteiger partial charge in [0, 0.05) is 22.2 Å². The Labute approximate surface area is 117 Å². The number of benzene rings is 1. The molecule has 98 valence electrons. The van der Waals surface area contributed by atoms with E-state index in [1.165, 1.54) is 18.2 Å². The van der Waals surface area contributed by atoms with Gasteiger partial charge in [0.25, 0.3) is 11.6 Å². The van der Waals surface area contributed by atoms with Crippen LogP contribution in [-0.2, 0) is 0 Å². The molecule has 7 heteroatoms. The van der Waals surface area contributed by atoms with Crippen molar-refractivity contribution in [2.45, 2.75) is 18.9 Å². The molecule has 1 atom stereocenters. The van der Waals surface area contributed by atoms with E-state index >= 15 is 0 Å². The molecule has 0 heterocycles. The van der Waals surface area contributed by atoms with E-state index in [1.807, 2.05) is 6.07 Å². The minimum Gasteiger partial charge on any atom is -0.336 e. The number of carbonyl (C=O) groups excluding carboxylic acids is 1. The smallest absolute Gasteiger partial charge is 0.271 e. The number of nitrogens with zero attached hydrogens (tertiary/aromatic N) is 2. The lowest BCUT2D eigenvalue weighted by atomic mass is 10.1. The van der Waals surface area contributed by atoms with Crippen LogP contribution in [0.1, 0.15) is 23.2 Å². The van der Waals surface area contributed by atoms with Crippen LogP contribution in [0.15, 0.2) is 22.7 Å². The molecular formula is C12H10BrN3O3. The standard InChI is InChI=1S/C12H10BrN3O3/c13-9-3-8(4-10(5-9)16(18)19)12(17)15-11(6-14)7-1-2-7/h3-5,7,11H,1-2H2,(H,15,17).